The normalized spacial score (nSPS) is 14.1. The SMILES string of the molecule is COc1cc(C(C)(CN)CNC(=O)OC(C)(C)C)ccc1C. The molecule has 0 heterocycles. The maximum absolute atomic E-state index is 11.8. The van der Waals surface area contributed by atoms with Crippen molar-refractivity contribution in [3.05, 3.63) is 29.3 Å². The van der Waals surface area contributed by atoms with Crippen molar-refractivity contribution >= 4 is 6.09 Å². The Balaban J connectivity index is 2.86. The molecule has 3 N–H and O–H groups in total. The van der Waals surface area contributed by atoms with Crippen molar-refractivity contribution < 1.29 is 14.3 Å². The van der Waals surface area contributed by atoms with Gasteiger partial charge in [-0.2, -0.15) is 0 Å². The van der Waals surface area contributed by atoms with Gasteiger partial charge in [0.1, 0.15) is 11.4 Å². The molecule has 0 radical (unpaired) electrons. The number of ether oxygens (including phenoxy) is 2. The predicted octanol–water partition coefficient (Wildman–Crippen LogP) is 2.74. The Kier molecular flexibility index (Phi) is 5.83. The van der Waals surface area contributed by atoms with Gasteiger partial charge in [0.05, 0.1) is 7.11 Å². The number of alkyl carbamates (subject to hydrolysis) is 1. The molecule has 1 aromatic rings. The summed E-state index contributed by atoms with van der Waals surface area (Å²) in [5, 5.41) is 2.80. The molecule has 0 aliphatic carbocycles. The maximum atomic E-state index is 11.8. The average Bonchev–Trinajstić information content (AvgIpc) is 2.43. The standard InChI is InChI=1S/C17H28N2O3/c1-12-7-8-13(9-14(12)21-6)17(5,10-18)11-19-15(20)22-16(2,3)4/h7-9H,10-11,18H2,1-6H3,(H,19,20). The van der Waals surface area contributed by atoms with Crippen LogP contribution < -0.4 is 15.8 Å². The fraction of sp³-hybridized carbons (Fsp3) is 0.588. The molecule has 5 heteroatoms. The number of aryl methyl sites for hydroxylation is 1. The lowest BCUT2D eigenvalue weighted by Crippen LogP contribution is -2.45. The molecule has 0 aliphatic heterocycles. The third-order valence-electron chi connectivity index (χ3n) is 3.58. The summed E-state index contributed by atoms with van der Waals surface area (Å²) in [5.74, 6) is 0.814. The second kappa shape index (κ2) is 7.01. The quantitative estimate of drug-likeness (QED) is 0.877. The Morgan fingerprint density at radius 3 is 2.41 bits per heavy atom. The van der Waals surface area contributed by atoms with Crippen molar-refractivity contribution in [2.45, 2.75) is 45.6 Å². The molecule has 124 valence electrons. The Bertz CT molecular complexity index is 523. The highest BCUT2D eigenvalue weighted by atomic mass is 16.6. The summed E-state index contributed by atoms with van der Waals surface area (Å²) in [7, 11) is 1.64. The monoisotopic (exact) mass is 308 g/mol. The molecule has 0 aromatic heterocycles. The number of amides is 1. The minimum atomic E-state index is -0.518. The molecule has 22 heavy (non-hydrogen) atoms. The summed E-state index contributed by atoms with van der Waals surface area (Å²) >= 11 is 0. The molecule has 0 saturated heterocycles. The molecule has 0 aliphatic rings. The van der Waals surface area contributed by atoms with E-state index in [0.29, 0.717) is 13.1 Å². The number of carbonyl (C=O) groups is 1. The number of methoxy groups -OCH3 is 1. The number of benzene rings is 1. The van der Waals surface area contributed by atoms with E-state index in [1.54, 1.807) is 7.11 Å². The summed E-state index contributed by atoms with van der Waals surface area (Å²) < 4.78 is 10.6. The van der Waals surface area contributed by atoms with E-state index in [2.05, 4.69) is 5.32 Å². The molecular formula is C17H28N2O3. The van der Waals surface area contributed by atoms with E-state index >= 15 is 0 Å². The van der Waals surface area contributed by atoms with Crippen molar-refractivity contribution in [2.75, 3.05) is 20.2 Å². The molecule has 1 unspecified atom stereocenters. The molecule has 1 amide bonds. The third-order valence-corrected chi connectivity index (χ3v) is 3.58. The van der Waals surface area contributed by atoms with Crippen molar-refractivity contribution in [2.24, 2.45) is 5.73 Å². The van der Waals surface area contributed by atoms with Gasteiger partial charge < -0.3 is 20.5 Å². The van der Waals surface area contributed by atoms with Crippen LogP contribution in [0.2, 0.25) is 0 Å². The zero-order valence-electron chi connectivity index (χ0n) is 14.4. The van der Waals surface area contributed by atoms with Crippen LogP contribution in [-0.2, 0) is 10.2 Å². The zero-order chi connectivity index (χ0) is 17.0. The van der Waals surface area contributed by atoms with Crippen molar-refractivity contribution in [1.82, 2.24) is 5.32 Å². The van der Waals surface area contributed by atoms with Gasteiger partial charge in [0.2, 0.25) is 0 Å². The highest BCUT2D eigenvalue weighted by Gasteiger charge is 2.27. The average molecular weight is 308 g/mol. The van der Waals surface area contributed by atoms with Gasteiger partial charge in [-0.15, -0.1) is 0 Å². The number of nitrogens with one attached hydrogen (secondary N) is 1. The molecule has 0 saturated carbocycles. The summed E-state index contributed by atoms with van der Waals surface area (Å²) in [6.45, 7) is 10.3. The predicted molar refractivity (Wildman–Crippen MR) is 88.4 cm³/mol. The summed E-state index contributed by atoms with van der Waals surface area (Å²) in [6.07, 6.45) is -0.439. The lowest BCUT2D eigenvalue weighted by Gasteiger charge is -2.30. The Morgan fingerprint density at radius 2 is 1.91 bits per heavy atom. The molecule has 0 spiro atoms. The topological polar surface area (TPSA) is 73.6 Å². The van der Waals surface area contributed by atoms with Crippen LogP contribution >= 0.6 is 0 Å². The van der Waals surface area contributed by atoms with Crippen LogP contribution in [0.5, 0.6) is 5.75 Å². The molecule has 1 atom stereocenters. The Labute approximate surface area is 133 Å². The van der Waals surface area contributed by atoms with Gasteiger partial charge in [0.15, 0.2) is 0 Å². The Hall–Kier alpha value is -1.75. The van der Waals surface area contributed by atoms with E-state index in [1.165, 1.54) is 0 Å². The fourth-order valence-corrected chi connectivity index (χ4v) is 2.07. The molecule has 0 fully saturated rings. The molecule has 1 rings (SSSR count). The van der Waals surface area contributed by atoms with Crippen molar-refractivity contribution in [3.8, 4) is 5.75 Å². The van der Waals surface area contributed by atoms with E-state index < -0.39 is 17.1 Å². The number of carbonyl (C=O) groups excluding carboxylic acids is 1. The van der Waals surface area contributed by atoms with Crippen molar-refractivity contribution in [1.29, 1.82) is 0 Å². The van der Waals surface area contributed by atoms with Gasteiger partial charge in [0.25, 0.3) is 0 Å². The van der Waals surface area contributed by atoms with Crippen LogP contribution in [0.25, 0.3) is 0 Å². The van der Waals surface area contributed by atoms with E-state index in [0.717, 1.165) is 16.9 Å². The first-order chi connectivity index (χ1) is 10.1. The van der Waals surface area contributed by atoms with E-state index in [-0.39, 0.29) is 0 Å². The van der Waals surface area contributed by atoms with Gasteiger partial charge in [-0.1, -0.05) is 19.1 Å². The third kappa shape index (κ3) is 4.91. The second-order valence-corrected chi connectivity index (χ2v) is 6.80. The van der Waals surface area contributed by atoms with Gasteiger partial charge in [-0.3, -0.25) is 0 Å². The van der Waals surface area contributed by atoms with Crippen LogP contribution in [0.4, 0.5) is 4.79 Å². The fourth-order valence-electron chi connectivity index (χ4n) is 2.07. The highest BCUT2D eigenvalue weighted by molar-refractivity contribution is 5.67. The first-order valence-electron chi connectivity index (χ1n) is 7.43. The summed E-state index contributed by atoms with van der Waals surface area (Å²) in [4.78, 5) is 11.8. The van der Waals surface area contributed by atoms with Crippen LogP contribution in [0, 0.1) is 6.92 Å². The number of rotatable bonds is 5. The largest absolute Gasteiger partial charge is 0.496 e. The van der Waals surface area contributed by atoms with Crippen LogP contribution in [0.1, 0.15) is 38.8 Å². The van der Waals surface area contributed by atoms with Gasteiger partial charge in [-0.25, -0.2) is 4.79 Å². The van der Waals surface area contributed by atoms with Crippen LogP contribution in [-0.4, -0.2) is 31.9 Å². The number of hydrogen-bond donors (Lipinski definition) is 2. The maximum Gasteiger partial charge on any atom is 0.407 e. The van der Waals surface area contributed by atoms with Gasteiger partial charge in [-0.05, 0) is 44.9 Å². The second-order valence-electron chi connectivity index (χ2n) is 6.80. The molecule has 0 bridgehead atoms. The van der Waals surface area contributed by atoms with Gasteiger partial charge in [0, 0.05) is 18.5 Å². The lowest BCUT2D eigenvalue weighted by atomic mass is 9.82. The minimum Gasteiger partial charge on any atom is -0.496 e. The summed E-state index contributed by atoms with van der Waals surface area (Å²) in [6, 6.07) is 5.98. The van der Waals surface area contributed by atoms with E-state index in [1.807, 2.05) is 52.8 Å². The van der Waals surface area contributed by atoms with E-state index in [9.17, 15) is 4.79 Å². The lowest BCUT2D eigenvalue weighted by molar-refractivity contribution is 0.0516. The molecule has 1 aromatic carbocycles. The highest BCUT2D eigenvalue weighted by Crippen LogP contribution is 2.28. The first kappa shape index (κ1) is 18.3. The minimum absolute atomic E-state index is 0.391. The Morgan fingerprint density at radius 1 is 1.27 bits per heavy atom. The van der Waals surface area contributed by atoms with Crippen LogP contribution in [0.3, 0.4) is 0 Å². The zero-order valence-corrected chi connectivity index (χ0v) is 14.4. The van der Waals surface area contributed by atoms with Gasteiger partial charge >= 0.3 is 6.09 Å². The van der Waals surface area contributed by atoms with E-state index in [4.69, 9.17) is 15.2 Å². The first-order valence-corrected chi connectivity index (χ1v) is 7.43. The molecular weight excluding hydrogens is 280 g/mol. The summed E-state index contributed by atoms with van der Waals surface area (Å²) in [5.41, 5.74) is 7.12. The number of nitrogens with two attached hydrogens (primary N) is 1. The van der Waals surface area contributed by atoms with Crippen molar-refractivity contribution in [3.63, 3.8) is 0 Å². The molecule has 5 nitrogen and oxygen atoms in total. The smallest absolute Gasteiger partial charge is 0.407 e. The number of hydrogen-bond acceptors (Lipinski definition) is 4. The van der Waals surface area contributed by atoms with Crippen LogP contribution in [0.15, 0.2) is 18.2 Å².